The highest BCUT2D eigenvalue weighted by Crippen LogP contribution is 2.45. The molecule has 1 amide bonds. The number of carbonyl (C=O) groups excluding carboxylic acids is 2. The van der Waals surface area contributed by atoms with Gasteiger partial charge in [0.25, 0.3) is 5.78 Å². The minimum Gasteiger partial charge on any atom is -0.507 e. The molecule has 0 bridgehead atoms. The van der Waals surface area contributed by atoms with Crippen molar-refractivity contribution in [1.82, 2.24) is 4.98 Å². The standard InChI is InChI=1S/C26H19ClN2O5S/c1-33-18-12-9-15(13-19(18)34-2)22-21(23(30)14-7-10-16(27)11-8-14)24(31)25(32)29(22)26-28-17-5-3-4-6-20(17)35-26/h3-13,22,30H,1-2H3/b23-21-. The number of halogens is 1. The Balaban J connectivity index is 1.75. The van der Waals surface area contributed by atoms with Crippen LogP contribution in [0.3, 0.4) is 0 Å². The number of benzene rings is 3. The van der Waals surface area contributed by atoms with E-state index < -0.39 is 17.7 Å². The molecule has 5 rings (SSSR count). The van der Waals surface area contributed by atoms with Crippen LogP contribution in [0.4, 0.5) is 5.13 Å². The summed E-state index contributed by atoms with van der Waals surface area (Å²) < 4.78 is 11.7. The molecule has 7 nitrogen and oxygen atoms in total. The highest BCUT2D eigenvalue weighted by molar-refractivity contribution is 7.22. The van der Waals surface area contributed by atoms with Crippen molar-refractivity contribution in [3.8, 4) is 11.5 Å². The number of methoxy groups -OCH3 is 2. The third kappa shape index (κ3) is 3.90. The highest BCUT2D eigenvalue weighted by Gasteiger charge is 2.48. The number of para-hydroxylation sites is 1. The van der Waals surface area contributed by atoms with Gasteiger partial charge >= 0.3 is 5.91 Å². The van der Waals surface area contributed by atoms with Crippen LogP contribution in [0, 0.1) is 0 Å². The van der Waals surface area contributed by atoms with Gasteiger partial charge in [0.2, 0.25) is 0 Å². The molecule has 1 atom stereocenters. The molecule has 0 radical (unpaired) electrons. The number of aliphatic hydroxyl groups excluding tert-OH is 1. The molecule has 4 aromatic rings. The molecule has 35 heavy (non-hydrogen) atoms. The molecule has 1 unspecified atom stereocenters. The number of ketones is 1. The Morgan fingerprint density at radius 3 is 2.40 bits per heavy atom. The van der Waals surface area contributed by atoms with Crippen molar-refractivity contribution in [2.45, 2.75) is 6.04 Å². The number of carbonyl (C=O) groups is 2. The molecule has 176 valence electrons. The Labute approximate surface area is 209 Å². The van der Waals surface area contributed by atoms with Gasteiger partial charge in [0.1, 0.15) is 5.76 Å². The molecule has 2 heterocycles. The van der Waals surface area contributed by atoms with Gasteiger partial charge in [-0.3, -0.25) is 14.5 Å². The minimum atomic E-state index is -0.939. The maximum atomic E-state index is 13.4. The lowest BCUT2D eigenvalue weighted by molar-refractivity contribution is -0.132. The number of ether oxygens (including phenoxy) is 2. The largest absolute Gasteiger partial charge is 0.507 e. The first-order chi connectivity index (χ1) is 16.9. The lowest BCUT2D eigenvalue weighted by Gasteiger charge is -2.23. The number of nitrogens with zero attached hydrogens (tertiary/aromatic N) is 2. The molecule has 0 spiro atoms. The van der Waals surface area contributed by atoms with Crippen LogP contribution in [0.1, 0.15) is 17.2 Å². The van der Waals surface area contributed by atoms with Gasteiger partial charge in [-0.25, -0.2) is 4.98 Å². The van der Waals surface area contributed by atoms with Gasteiger partial charge in [-0.1, -0.05) is 41.1 Å². The quantitative estimate of drug-likeness (QED) is 0.215. The highest BCUT2D eigenvalue weighted by atomic mass is 35.5. The van der Waals surface area contributed by atoms with E-state index in [1.54, 1.807) is 42.5 Å². The number of Topliss-reactive ketones (excluding diaryl/α,β-unsaturated/α-hetero) is 1. The minimum absolute atomic E-state index is 0.0520. The number of rotatable bonds is 5. The van der Waals surface area contributed by atoms with Gasteiger partial charge < -0.3 is 14.6 Å². The van der Waals surface area contributed by atoms with E-state index in [2.05, 4.69) is 4.98 Å². The fraction of sp³-hybridized carbons (Fsp3) is 0.115. The molecular weight excluding hydrogens is 488 g/mol. The summed E-state index contributed by atoms with van der Waals surface area (Å²) >= 11 is 7.29. The molecule has 1 N–H and O–H groups in total. The topological polar surface area (TPSA) is 89.0 Å². The van der Waals surface area contributed by atoms with Crippen LogP contribution in [0.5, 0.6) is 11.5 Å². The zero-order chi connectivity index (χ0) is 24.7. The summed E-state index contributed by atoms with van der Waals surface area (Å²) in [6, 6.07) is 18.0. The molecule has 1 aromatic heterocycles. The van der Waals surface area contributed by atoms with Crippen LogP contribution in [-0.2, 0) is 9.59 Å². The lowest BCUT2D eigenvalue weighted by atomic mass is 9.95. The Hall–Kier alpha value is -3.88. The fourth-order valence-electron chi connectivity index (χ4n) is 4.09. The van der Waals surface area contributed by atoms with E-state index in [1.165, 1.54) is 30.5 Å². The molecule has 3 aromatic carbocycles. The summed E-state index contributed by atoms with van der Waals surface area (Å²) in [5.41, 5.74) is 1.57. The molecule has 1 aliphatic heterocycles. The molecule has 9 heteroatoms. The van der Waals surface area contributed by atoms with Crippen molar-refractivity contribution in [2.24, 2.45) is 0 Å². The van der Waals surface area contributed by atoms with E-state index in [0.717, 1.165) is 4.70 Å². The maximum Gasteiger partial charge on any atom is 0.301 e. The molecule has 1 aliphatic rings. The van der Waals surface area contributed by atoms with Crippen molar-refractivity contribution in [3.63, 3.8) is 0 Å². The zero-order valence-corrected chi connectivity index (χ0v) is 20.3. The van der Waals surface area contributed by atoms with Gasteiger partial charge in [0, 0.05) is 10.6 Å². The van der Waals surface area contributed by atoms with Crippen molar-refractivity contribution in [1.29, 1.82) is 0 Å². The third-order valence-electron chi connectivity index (χ3n) is 5.77. The van der Waals surface area contributed by atoms with Crippen molar-refractivity contribution >= 4 is 55.7 Å². The summed E-state index contributed by atoms with van der Waals surface area (Å²) in [7, 11) is 3.02. The maximum absolute atomic E-state index is 13.4. The molecular formula is C26H19ClN2O5S. The number of amides is 1. The summed E-state index contributed by atoms with van der Waals surface area (Å²) in [5, 5.41) is 12.1. The van der Waals surface area contributed by atoms with E-state index in [1.807, 2.05) is 24.3 Å². The van der Waals surface area contributed by atoms with E-state index in [0.29, 0.717) is 38.3 Å². The van der Waals surface area contributed by atoms with Gasteiger partial charge in [-0.15, -0.1) is 0 Å². The smallest absolute Gasteiger partial charge is 0.301 e. The van der Waals surface area contributed by atoms with Gasteiger partial charge in [0.05, 0.1) is 36.1 Å². The van der Waals surface area contributed by atoms with Gasteiger partial charge in [-0.2, -0.15) is 0 Å². The van der Waals surface area contributed by atoms with Crippen LogP contribution in [0.2, 0.25) is 5.02 Å². The normalized spacial score (nSPS) is 17.2. The average Bonchev–Trinajstić information content (AvgIpc) is 3.42. The first kappa shape index (κ1) is 22.9. The van der Waals surface area contributed by atoms with Crippen molar-refractivity contribution in [2.75, 3.05) is 19.1 Å². The first-order valence-electron chi connectivity index (χ1n) is 10.6. The third-order valence-corrected chi connectivity index (χ3v) is 7.06. The summed E-state index contributed by atoms with van der Waals surface area (Å²) in [6.07, 6.45) is 0. The van der Waals surface area contributed by atoms with Crippen molar-refractivity contribution in [3.05, 3.63) is 88.5 Å². The van der Waals surface area contributed by atoms with E-state index in [-0.39, 0.29) is 11.3 Å². The SMILES string of the molecule is COc1ccc(C2/C(=C(/O)c3ccc(Cl)cc3)C(=O)C(=O)N2c2nc3ccccc3s2)cc1OC. The summed E-state index contributed by atoms with van der Waals surface area (Å²) in [5.74, 6) is -0.975. The molecule has 1 fully saturated rings. The summed E-state index contributed by atoms with van der Waals surface area (Å²) in [6.45, 7) is 0. The number of thiazole rings is 1. The monoisotopic (exact) mass is 506 g/mol. The van der Waals surface area contributed by atoms with E-state index in [9.17, 15) is 14.7 Å². The van der Waals surface area contributed by atoms with Crippen LogP contribution < -0.4 is 14.4 Å². The summed E-state index contributed by atoms with van der Waals surface area (Å²) in [4.78, 5) is 32.6. The average molecular weight is 507 g/mol. The van der Waals surface area contributed by atoms with Crippen LogP contribution in [0.15, 0.2) is 72.3 Å². The first-order valence-corrected chi connectivity index (χ1v) is 11.8. The van der Waals surface area contributed by atoms with Crippen molar-refractivity contribution < 1.29 is 24.2 Å². The predicted octanol–water partition coefficient (Wildman–Crippen LogP) is 5.59. The molecule has 0 saturated carbocycles. The zero-order valence-electron chi connectivity index (χ0n) is 18.7. The van der Waals surface area contributed by atoms with Crippen LogP contribution >= 0.6 is 22.9 Å². The number of fused-ring (bicyclic) bond motifs is 1. The van der Waals surface area contributed by atoms with Crippen LogP contribution in [-0.4, -0.2) is 36.0 Å². The van der Waals surface area contributed by atoms with E-state index in [4.69, 9.17) is 21.1 Å². The second kappa shape index (κ2) is 9.05. The fourth-order valence-corrected chi connectivity index (χ4v) is 5.21. The Morgan fingerprint density at radius 1 is 1.00 bits per heavy atom. The van der Waals surface area contributed by atoms with Gasteiger partial charge in [0.15, 0.2) is 16.6 Å². The molecule has 1 saturated heterocycles. The number of aromatic nitrogens is 1. The van der Waals surface area contributed by atoms with Gasteiger partial charge in [-0.05, 0) is 54.1 Å². The lowest BCUT2D eigenvalue weighted by Crippen LogP contribution is -2.29. The second-order valence-electron chi connectivity index (χ2n) is 7.75. The van der Waals surface area contributed by atoms with Crippen LogP contribution in [0.25, 0.3) is 16.0 Å². The molecule has 0 aliphatic carbocycles. The Kier molecular flexibility index (Phi) is 5.92. The number of aliphatic hydroxyl groups is 1. The Bertz CT molecular complexity index is 1460. The second-order valence-corrected chi connectivity index (χ2v) is 9.20. The number of hydrogen-bond donors (Lipinski definition) is 1. The number of hydrogen-bond acceptors (Lipinski definition) is 7. The predicted molar refractivity (Wildman–Crippen MR) is 135 cm³/mol. The Morgan fingerprint density at radius 2 is 1.71 bits per heavy atom. The van der Waals surface area contributed by atoms with E-state index >= 15 is 0 Å². The number of anilines is 1.